The van der Waals surface area contributed by atoms with Gasteiger partial charge in [0.05, 0.1) is 25.8 Å². The number of hydrogen-bond donors (Lipinski definition) is 0. The third kappa shape index (κ3) is 4.98. The molecular weight excluding hydrogens is 390 g/mol. The Morgan fingerprint density at radius 3 is 2.29 bits per heavy atom. The highest BCUT2D eigenvalue weighted by atomic mass is 16.5. The number of benzene rings is 2. The van der Waals surface area contributed by atoms with Gasteiger partial charge in [0.25, 0.3) is 0 Å². The number of amides is 1. The van der Waals surface area contributed by atoms with Crippen molar-refractivity contribution in [3.63, 3.8) is 0 Å². The molecule has 3 rings (SSSR count). The molecule has 0 bridgehead atoms. The number of allylic oxidation sites excluding steroid dienone is 1. The molecule has 0 saturated heterocycles. The van der Waals surface area contributed by atoms with Gasteiger partial charge in [-0.1, -0.05) is 50.2 Å². The Balaban J connectivity index is 1.97. The van der Waals surface area contributed by atoms with E-state index >= 15 is 0 Å². The van der Waals surface area contributed by atoms with E-state index in [-0.39, 0.29) is 24.2 Å². The Kier molecular flexibility index (Phi) is 7.16. The van der Waals surface area contributed by atoms with Crippen LogP contribution < -0.4 is 4.74 Å². The lowest BCUT2D eigenvalue weighted by molar-refractivity contribution is -0.140. The number of carbonyl (C=O) groups excluding carboxylic acids is 2. The van der Waals surface area contributed by atoms with Crippen molar-refractivity contribution < 1.29 is 19.1 Å². The van der Waals surface area contributed by atoms with E-state index in [1.165, 1.54) is 5.56 Å². The van der Waals surface area contributed by atoms with Crippen LogP contribution in [-0.4, -0.2) is 30.5 Å². The van der Waals surface area contributed by atoms with E-state index in [1.807, 2.05) is 43.3 Å². The van der Waals surface area contributed by atoms with E-state index < -0.39 is 0 Å². The van der Waals surface area contributed by atoms with Crippen LogP contribution in [0.25, 0.3) is 0 Å². The normalized spacial score (nSPS) is 16.6. The second-order valence-electron chi connectivity index (χ2n) is 8.13. The lowest BCUT2D eigenvalue weighted by Crippen LogP contribution is -2.38. The summed E-state index contributed by atoms with van der Waals surface area (Å²) in [4.78, 5) is 27.7. The fourth-order valence-corrected chi connectivity index (χ4v) is 3.99. The molecule has 0 radical (unpaired) electrons. The van der Waals surface area contributed by atoms with Gasteiger partial charge >= 0.3 is 5.97 Å². The largest absolute Gasteiger partial charge is 0.497 e. The second-order valence-corrected chi connectivity index (χ2v) is 8.13. The highest BCUT2D eigenvalue weighted by Gasteiger charge is 2.36. The molecule has 1 aliphatic rings. The van der Waals surface area contributed by atoms with Crippen molar-refractivity contribution in [2.75, 3.05) is 13.7 Å². The number of esters is 1. The standard InChI is InChI=1S/C26H31NO4/c1-6-31-26(29)25-18(4)27(16-19-7-13-22(30-5)14-8-19)24(28)15-23(25)21-11-9-20(10-12-21)17(2)3/h7-14,17,23H,6,15-16H2,1-5H3/t23-/m1/s1. The minimum atomic E-state index is -0.356. The van der Waals surface area contributed by atoms with Crippen LogP contribution in [0.5, 0.6) is 5.75 Å². The summed E-state index contributed by atoms with van der Waals surface area (Å²) >= 11 is 0. The first-order valence-electron chi connectivity index (χ1n) is 10.8. The summed E-state index contributed by atoms with van der Waals surface area (Å²) < 4.78 is 10.6. The number of carbonyl (C=O) groups is 2. The second kappa shape index (κ2) is 9.82. The molecule has 1 heterocycles. The van der Waals surface area contributed by atoms with E-state index in [0.29, 0.717) is 30.3 Å². The molecule has 0 fully saturated rings. The van der Waals surface area contributed by atoms with Crippen LogP contribution in [0.4, 0.5) is 0 Å². The van der Waals surface area contributed by atoms with E-state index in [0.717, 1.165) is 16.9 Å². The van der Waals surface area contributed by atoms with E-state index in [4.69, 9.17) is 9.47 Å². The summed E-state index contributed by atoms with van der Waals surface area (Å²) in [5, 5.41) is 0. The molecular formula is C26H31NO4. The molecule has 2 aromatic rings. The van der Waals surface area contributed by atoms with Gasteiger partial charge in [-0.05, 0) is 48.6 Å². The predicted octanol–water partition coefficient (Wildman–Crippen LogP) is 5.17. The number of ether oxygens (including phenoxy) is 2. The topological polar surface area (TPSA) is 55.8 Å². The first-order chi connectivity index (χ1) is 14.8. The van der Waals surface area contributed by atoms with Crippen molar-refractivity contribution >= 4 is 11.9 Å². The summed E-state index contributed by atoms with van der Waals surface area (Å²) in [7, 11) is 1.62. The van der Waals surface area contributed by atoms with Gasteiger partial charge in [0.2, 0.25) is 5.91 Å². The SMILES string of the molecule is CCOC(=O)C1=C(C)N(Cc2ccc(OC)cc2)C(=O)C[C@@H]1c1ccc(C(C)C)cc1. The Labute approximate surface area is 184 Å². The van der Waals surface area contributed by atoms with Gasteiger partial charge in [-0.25, -0.2) is 4.79 Å². The molecule has 0 N–H and O–H groups in total. The van der Waals surface area contributed by atoms with Crippen molar-refractivity contribution in [3.8, 4) is 5.75 Å². The molecule has 0 unspecified atom stereocenters. The summed E-state index contributed by atoms with van der Waals surface area (Å²) in [5.74, 6) is 0.520. The number of rotatable bonds is 7. The average Bonchev–Trinajstić information content (AvgIpc) is 2.76. The molecule has 1 aliphatic heterocycles. The molecule has 5 nitrogen and oxygen atoms in total. The molecule has 31 heavy (non-hydrogen) atoms. The summed E-state index contributed by atoms with van der Waals surface area (Å²) in [6, 6.07) is 15.8. The minimum absolute atomic E-state index is 0.000646. The molecule has 0 spiro atoms. The molecule has 1 atom stereocenters. The van der Waals surface area contributed by atoms with Crippen LogP contribution in [0.1, 0.15) is 62.6 Å². The maximum absolute atomic E-state index is 13.1. The lowest BCUT2D eigenvalue weighted by Gasteiger charge is -2.34. The van der Waals surface area contributed by atoms with E-state index in [9.17, 15) is 9.59 Å². The van der Waals surface area contributed by atoms with Crippen molar-refractivity contribution in [1.29, 1.82) is 0 Å². The smallest absolute Gasteiger partial charge is 0.336 e. The molecule has 0 aromatic heterocycles. The van der Waals surface area contributed by atoms with Gasteiger partial charge in [-0.2, -0.15) is 0 Å². The molecule has 0 aliphatic carbocycles. The van der Waals surface area contributed by atoms with Crippen LogP contribution in [-0.2, 0) is 20.9 Å². The van der Waals surface area contributed by atoms with Crippen LogP contribution in [0.3, 0.4) is 0 Å². The molecule has 5 heteroatoms. The number of hydrogen-bond acceptors (Lipinski definition) is 4. The lowest BCUT2D eigenvalue weighted by atomic mass is 9.83. The Morgan fingerprint density at radius 1 is 1.10 bits per heavy atom. The van der Waals surface area contributed by atoms with Crippen molar-refractivity contribution in [2.24, 2.45) is 0 Å². The van der Waals surface area contributed by atoms with Gasteiger partial charge < -0.3 is 14.4 Å². The van der Waals surface area contributed by atoms with Crippen LogP contribution in [0.15, 0.2) is 59.8 Å². The van der Waals surface area contributed by atoms with Gasteiger partial charge in [0.15, 0.2) is 0 Å². The average molecular weight is 422 g/mol. The summed E-state index contributed by atoms with van der Waals surface area (Å²) in [5.41, 5.74) is 4.38. The van der Waals surface area contributed by atoms with Crippen LogP contribution in [0, 0.1) is 0 Å². The highest BCUT2D eigenvalue weighted by Crippen LogP contribution is 2.38. The minimum Gasteiger partial charge on any atom is -0.497 e. The zero-order valence-corrected chi connectivity index (χ0v) is 19.0. The molecule has 1 amide bonds. The van der Waals surface area contributed by atoms with Gasteiger partial charge in [0, 0.05) is 18.0 Å². The van der Waals surface area contributed by atoms with Crippen LogP contribution >= 0.6 is 0 Å². The fourth-order valence-electron chi connectivity index (χ4n) is 3.99. The van der Waals surface area contributed by atoms with Crippen molar-refractivity contribution in [2.45, 2.75) is 52.5 Å². The monoisotopic (exact) mass is 421 g/mol. The van der Waals surface area contributed by atoms with Gasteiger partial charge in [-0.15, -0.1) is 0 Å². The molecule has 2 aromatic carbocycles. The highest BCUT2D eigenvalue weighted by molar-refractivity contribution is 5.95. The van der Waals surface area contributed by atoms with Gasteiger partial charge in [0.1, 0.15) is 5.75 Å². The number of methoxy groups -OCH3 is 1. The first-order valence-corrected chi connectivity index (χ1v) is 10.8. The molecule has 164 valence electrons. The first kappa shape index (κ1) is 22.6. The predicted molar refractivity (Wildman–Crippen MR) is 121 cm³/mol. The number of nitrogens with zero attached hydrogens (tertiary/aromatic N) is 1. The maximum Gasteiger partial charge on any atom is 0.336 e. The maximum atomic E-state index is 13.1. The van der Waals surface area contributed by atoms with Crippen molar-refractivity contribution in [1.82, 2.24) is 4.90 Å². The van der Waals surface area contributed by atoms with Crippen molar-refractivity contribution in [3.05, 3.63) is 76.5 Å². The van der Waals surface area contributed by atoms with Crippen LogP contribution in [0.2, 0.25) is 0 Å². The summed E-state index contributed by atoms with van der Waals surface area (Å²) in [6.45, 7) is 8.61. The fraction of sp³-hybridized carbons (Fsp3) is 0.385. The third-order valence-corrected chi connectivity index (χ3v) is 5.82. The summed E-state index contributed by atoms with van der Waals surface area (Å²) in [6.07, 6.45) is 0.239. The Morgan fingerprint density at radius 2 is 1.74 bits per heavy atom. The molecule has 0 saturated carbocycles. The third-order valence-electron chi connectivity index (χ3n) is 5.82. The quantitative estimate of drug-likeness (QED) is 0.579. The van der Waals surface area contributed by atoms with E-state index in [1.54, 1.807) is 18.9 Å². The zero-order chi connectivity index (χ0) is 22.5. The zero-order valence-electron chi connectivity index (χ0n) is 19.0. The Bertz CT molecular complexity index is 958. The Hall–Kier alpha value is -3.08. The van der Waals surface area contributed by atoms with E-state index in [2.05, 4.69) is 26.0 Å². The van der Waals surface area contributed by atoms with Gasteiger partial charge in [-0.3, -0.25) is 4.79 Å².